The molecule has 0 aliphatic heterocycles. The fourth-order valence-electron chi connectivity index (χ4n) is 1.65. The van der Waals surface area contributed by atoms with Gasteiger partial charge in [0.25, 0.3) is 0 Å². The summed E-state index contributed by atoms with van der Waals surface area (Å²) in [6.07, 6.45) is -1.24. The molecule has 0 aliphatic carbocycles. The first-order valence-electron chi connectivity index (χ1n) is 5.29. The van der Waals surface area contributed by atoms with Gasteiger partial charge in [0.2, 0.25) is 0 Å². The molecule has 2 rings (SSSR count). The number of rotatable bonds is 2. The Kier molecular flexibility index (Phi) is 3.71. The fourth-order valence-corrected chi connectivity index (χ4v) is 2.94. The summed E-state index contributed by atoms with van der Waals surface area (Å²) in [4.78, 5) is 0.427. The molecular weight excluding hydrogens is 278 g/mol. The summed E-state index contributed by atoms with van der Waals surface area (Å²) in [6, 6.07) is 2.09. The lowest BCUT2D eigenvalue weighted by Crippen LogP contribution is -2.03. The minimum Gasteiger partial charge on any atom is -0.383 e. The van der Waals surface area contributed by atoms with Crippen LogP contribution in [0.25, 0.3) is 0 Å². The summed E-state index contributed by atoms with van der Waals surface area (Å²) in [5, 5.41) is 12.3. The zero-order valence-electron chi connectivity index (χ0n) is 9.80. The van der Waals surface area contributed by atoms with E-state index in [0.29, 0.717) is 9.90 Å². The number of thiophene rings is 1. The van der Waals surface area contributed by atoms with E-state index in [9.17, 15) is 13.9 Å². The molecule has 0 radical (unpaired) electrons. The number of aliphatic hydroxyl groups excluding tert-OH is 1. The van der Waals surface area contributed by atoms with Crippen LogP contribution in [0.3, 0.4) is 0 Å². The number of hydrogen-bond acceptors (Lipinski definition) is 2. The summed E-state index contributed by atoms with van der Waals surface area (Å²) in [5.41, 5.74) is 0.919. The van der Waals surface area contributed by atoms with Gasteiger partial charge in [-0.1, -0.05) is 11.6 Å². The second kappa shape index (κ2) is 4.96. The Balaban J connectivity index is 2.49. The molecule has 0 fully saturated rings. The van der Waals surface area contributed by atoms with Gasteiger partial charge in [0.1, 0.15) is 17.7 Å². The van der Waals surface area contributed by atoms with Gasteiger partial charge in [-0.05, 0) is 42.5 Å². The Morgan fingerprint density at radius 2 is 1.83 bits per heavy atom. The van der Waals surface area contributed by atoms with Crippen LogP contribution in [0, 0.1) is 25.5 Å². The van der Waals surface area contributed by atoms with Gasteiger partial charge >= 0.3 is 0 Å². The minimum absolute atomic E-state index is 0.0955. The van der Waals surface area contributed by atoms with E-state index in [1.807, 2.05) is 0 Å². The Bertz CT molecular complexity index is 595. The molecule has 0 bridgehead atoms. The summed E-state index contributed by atoms with van der Waals surface area (Å²) < 4.78 is 27.2. The highest BCUT2D eigenvalue weighted by molar-refractivity contribution is 7.10. The van der Waals surface area contributed by atoms with Gasteiger partial charge in [-0.2, -0.15) is 0 Å². The molecule has 0 aliphatic rings. The van der Waals surface area contributed by atoms with Gasteiger partial charge in [0.05, 0.1) is 9.90 Å². The number of aliphatic hydroxyl groups is 1. The Morgan fingerprint density at radius 1 is 1.17 bits per heavy atom. The molecule has 1 unspecified atom stereocenters. The maximum absolute atomic E-state index is 13.7. The van der Waals surface area contributed by atoms with Gasteiger partial charge in [-0.3, -0.25) is 0 Å². The van der Waals surface area contributed by atoms with Crippen molar-refractivity contribution in [3.8, 4) is 0 Å². The lowest BCUT2D eigenvalue weighted by Gasteiger charge is -2.12. The molecule has 96 valence electrons. The first-order valence-corrected chi connectivity index (χ1v) is 6.54. The molecule has 1 aromatic heterocycles. The molecule has 1 nitrogen and oxygen atoms in total. The van der Waals surface area contributed by atoms with Crippen LogP contribution < -0.4 is 0 Å². The molecule has 5 heteroatoms. The minimum atomic E-state index is -1.24. The quantitative estimate of drug-likeness (QED) is 0.869. The standard InChI is InChI=1S/C13H11ClF2OS/c1-6-3-10(16)8(4-9(6)15)12(17)13-11(14)7(2)5-18-13/h3-5,12,17H,1-2H3. The monoisotopic (exact) mass is 288 g/mol. The van der Waals surface area contributed by atoms with Crippen molar-refractivity contribution in [2.45, 2.75) is 20.0 Å². The molecule has 1 N–H and O–H groups in total. The molecule has 1 aromatic carbocycles. The first kappa shape index (κ1) is 13.5. The SMILES string of the molecule is Cc1cc(F)c(C(O)c2scc(C)c2Cl)cc1F. The third kappa shape index (κ3) is 2.28. The van der Waals surface area contributed by atoms with Crippen molar-refractivity contribution < 1.29 is 13.9 Å². The van der Waals surface area contributed by atoms with Crippen LogP contribution in [0.5, 0.6) is 0 Å². The van der Waals surface area contributed by atoms with Crippen LogP contribution in [-0.2, 0) is 0 Å². The van der Waals surface area contributed by atoms with Gasteiger partial charge in [0, 0.05) is 5.56 Å². The van der Waals surface area contributed by atoms with E-state index < -0.39 is 17.7 Å². The molecule has 2 aromatic rings. The smallest absolute Gasteiger partial charge is 0.129 e. The number of hydrogen-bond donors (Lipinski definition) is 1. The first-order chi connectivity index (χ1) is 8.41. The molecule has 0 saturated heterocycles. The molecule has 1 atom stereocenters. The number of benzene rings is 1. The van der Waals surface area contributed by atoms with Crippen LogP contribution in [-0.4, -0.2) is 5.11 Å². The third-order valence-corrected chi connectivity index (χ3v) is 4.51. The normalized spacial score (nSPS) is 12.8. The largest absolute Gasteiger partial charge is 0.383 e. The van der Waals surface area contributed by atoms with E-state index in [1.165, 1.54) is 18.3 Å². The third-order valence-electron chi connectivity index (χ3n) is 2.75. The van der Waals surface area contributed by atoms with E-state index in [1.54, 1.807) is 12.3 Å². The van der Waals surface area contributed by atoms with Crippen LogP contribution >= 0.6 is 22.9 Å². The Labute approximate surface area is 113 Å². The zero-order chi connectivity index (χ0) is 13.4. The van der Waals surface area contributed by atoms with Gasteiger partial charge in [0.15, 0.2) is 0 Å². The Morgan fingerprint density at radius 3 is 2.39 bits per heavy atom. The summed E-state index contributed by atoms with van der Waals surface area (Å²) in [6.45, 7) is 3.26. The lowest BCUT2D eigenvalue weighted by atomic mass is 10.0. The second-order valence-corrected chi connectivity index (χ2v) is 5.41. The van der Waals surface area contributed by atoms with E-state index in [4.69, 9.17) is 11.6 Å². The van der Waals surface area contributed by atoms with E-state index in [2.05, 4.69) is 0 Å². The predicted octanol–water partition coefficient (Wildman–Crippen LogP) is 4.38. The fraction of sp³-hybridized carbons (Fsp3) is 0.231. The highest BCUT2D eigenvalue weighted by Crippen LogP contribution is 2.36. The summed E-state index contributed by atoms with van der Waals surface area (Å²) in [5.74, 6) is -1.18. The average molecular weight is 289 g/mol. The van der Waals surface area contributed by atoms with Crippen LogP contribution in [0.1, 0.15) is 27.7 Å². The lowest BCUT2D eigenvalue weighted by molar-refractivity contribution is 0.218. The van der Waals surface area contributed by atoms with Crippen molar-refractivity contribution in [1.82, 2.24) is 0 Å². The molecule has 0 amide bonds. The van der Waals surface area contributed by atoms with E-state index in [0.717, 1.165) is 17.7 Å². The number of aryl methyl sites for hydroxylation is 2. The topological polar surface area (TPSA) is 20.2 Å². The van der Waals surface area contributed by atoms with Crippen LogP contribution in [0.2, 0.25) is 5.02 Å². The maximum Gasteiger partial charge on any atom is 0.129 e. The van der Waals surface area contributed by atoms with Gasteiger partial charge in [-0.25, -0.2) is 8.78 Å². The van der Waals surface area contributed by atoms with Gasteiger partial charge < -0.3 is 5.11 Å². The molecule has 0 saturated carbocycles. The Hall–Kier alpha value is -0.970. The summed E-state index contributed by atoms with van der Waals surface area (Å²) >= 11 is 7.24. The highest BCUT2D eigenvalue weighted by Gasteiger charge is 2.21. The molecule has 0 spiro atoms. The van der Waals surface area contributed by atoms with Crippen molar-refractivity contribution in [3.05, 3.63) is 55.7 Å². The van der Waals surface area contributed by atoms with Crippen LogP contribution in [0.4, 0.5) is 8.78 Å². The van der Waals surface area contributed by atoms with Crippen LogP contribution in [0.15, 0.2) is 17.5 Å². The van der Waals surface area contributed by atoms with Crippen molar-refractivity contribution >= 4 is 22.9 Å². The summed E-state index contributed by atoms with van der Waals surface area (Å²) in [7, 11) is 0. The molecular formula is C13H11ClF2OS. The van der Waals surface area contributed by atoms with Crippen molar-refractivity contribution in [2.75, 3.05) is 0 Å². The van der Waals surface area contributed by atoms with E-state index >= 15 is 0 Å². The van der Waals surface area contributed by atoms with Crippen molar-refractivity contribution in [3.63, 3.8) is 0 Å². The number of halogens is 3. The van der Waals surface area contributed by atoms with Crippen molar-refractivity contribution in [2.24, 2.45) is 0 Å². The van der Waals surface area contributed by atoms with Gasteiger partial charge in [-0.15, -0.1) is 11.3 Å². The van der Waals surface area contributed by atoms with Crippen molar-refractivity contribution in [1.29, 1.82) is 0 Å². The molecule has 1 heterocycles. The predicted molar refractivity (Wildman–Crippen MR) is 69.2 cm³/mol. The average Bonchev–Trinajstić information content (AvgIpc) is 2.64. The molecule has 18 heavy (non-hydrogen) atoms. The zero-order valence-corrected chi connectivity index (χ0v) is 11.4. The highest BCUT2D eigenvalue weighted by atomic mass is 35.5. The van der Waals surface area contributed by atoms with E-state index in [-0.39, 0.29) is 11.1 Å². The maximum atomic E-state index is 13.7. The second-order valence-electron chi connectivity index (χ2n) is 4.12.